The van der Waals surface area contributed by atoms with Crippen LogP contribution in [0.25, 0.3) is 0 Å². The molecule has 0 aromatic heterocycles. The van der Waals surface area contributed by atoms with Crippen LogP contribution < -0.4 is 0 Å². The summed E-state index contributed by atoms with van der Waals surface area (Å²) in [5, 5.41) is 8.90. The maximum Gasteiger partial charge on any atom is 0.303 e. The molecule has 0 saturated heterocycles. The van der Waals surface area contributed by atoms with Crippen molar-refractivity contribution in [3.63, 3.8) is 0 Å². The minimum absolute atomic E-state index is 0.249. The Bertz CT molecular complexity index is 225. The molecule has 1 rings (SSSR count). The van der Waals surface area contributed by atoms with E-state index in [4.69, 9.17) is 5.11 Å². The van der Waals surface area contributed by atoms with E-state index in [1.807, 2.05) is 0 Å². The summed E-state index contributed by atoms with van der Waals surface area (Å²) < 4.78 is 1.13. The van der Waals surface area contributed by atoms with Crippen LogP contribution >= 0.6 is 22.9 Å². The average Bonchev–Trinajstić information content (AvgIpc) is 2.07. The second-order valence-corrected chi connectivity index (χ2v) is 3.83. The normalized spacial score (nSPS) is 19.1. The number of amides is 2. The molecule has 0 fully saturated rings. The van der Waals surface area contributed by atoms with Gasteiger partial charge in [0, 0.05) is 0 Å². The Hall–Kier alpha value is -0.0575. The topological polar surface area (TPSA) is 57.6 Å². The average molecular weight is 267 g/mol. The predicted octanol–water partition coefficient (Wildman–Crippen LogP) is -0.892. The van der Waals surface area contributed by atoms with Gasteiger partial charge in [0.15, 0.2) is 5.76 Å². The Labute approximate surface area is 78.8 Å². The highest BCUT2D eigenvalue weighted by Crippen LogP contribution is 2.19. The van der Waals surface area contributed by atoms with E-state index in [0.29, 0.717) is 16.3 Å². The molecule has 0 spiro atoms. The van der Waals surface area contributed by atoms with E-state index in [2.05, 4.69) is 0 Å². The number of nitrogens with zero attached hydrogens (tertiary/aromatic N) is 1. The molecule has 1 aliphatic heterocycles. The zero-order valence-electron chi connectivity index (χ0n) is 5.09. The Morgan fingerprint density at radius 3 is 2.00 bits per heavy atom. The Balaban J connectivity index is 3.11. The van der Waals surface area contributed by atoms with Crippen LogP contribution in [-0.4, -0.2) is 36.3 Å². The highest BCUT2D eigenvalue weighted by Gasteiger charge is 2.33. The second kappa shape index (κ2) is 2.53. The number of carbonyl (C=O) groups is 2. The van der Waals surface area contributed by atoms with E-state index in [1.165, 1.54) is 0 Å². The zero-order chi connectivity index (χ0) is 7.89. The van der Waals surface area contributed by atoms with Gasteiger partial charge >= 0.3 is 5.91 Å². The number of aliphatic hydroxyl groups is 1. The van der Waals surface area contributed by atoms with Crippen molar-refractivity contribution in [1.29, 1.82) is 0 Å². The summed E-state index contributed by atoms with van der Waals surface area (Å²) in [5.74, 6) is -1.36. The standard InChI is InChI=1S/C4HINO3.Al.2H/c5-6-3(8)1-2(7)4(6)9;;;/h7H;;;. The van der Waals surface area contributed by atoms with Crippen molar-refractivity contribution in [3.8, 4) is 0 Å². The molecule has 4 nitrogen and oxygen atoms in total. The first-order chi connectivity index (χ1) is 4.55. The molecule has 0 radical (unpaired) electrons. The van der Waals surface area contributed by atoms with Crippen LogP contribution in [0.2, 0.25) is 0 Å². The quantitative estimate of drug-likeness (QED) is 0.268. The van der Waals surface area contributed by atoms with E-state index in [1.54, 1.807) is 22.9 Å². The third-order valence-corrected chi connectivity index (χ3v) is 3.01. The molecule has 0 bridgehead atoms. The lowest BCUT2D eigenvalue weighted by molar-refractivity contribution is -0.130. The number of rotatable bonds is 0. The van der Waals surface area contributed by atoms with Crippen molar-refractivity contribution >= 4 is 51.0 Å². The van der Waals surface area contributed by atoms with Crippen LogP contribution in [0.1, 0.15) is 0 Å². The molecule has 52 valence electrons. The SMILES string of the molecule is O=C1C(O)=[C]([AlH2])C(=O)N1I. The van der Waals surface area contributed by atoms with Gasteiger partial charge in [0.1, 0.15) is 0 Å². The Morgan fingerprint density at radius 1 is 1.40 bits per heavy atom. The summed E-state index contributed by atoms with van der Waals surface area (Å²) >= 11 is 1.98. The fourth-order valence-electron chi connectivity index (χ4n) is 0.594. The summed E-state index contributed by atoms with van der Waals surface area (Å²) in [5.41, 5.74) is 0. The number of hydrogen-bond donors (Lipinski definition) is 1. The maximum absolute atomic E-state index is 10.8. The van der Waals surface area contributed by atoms with Gasteiger partial charge in [-0.25, -0.2) is 3.11 Å². The van der Waals surface area contributed by atoms with Gasteiger partial charge in [-0.1, -0.05) is 0 Å². The number of aliphatic hydroxyl groups excluding tert-OH is 1. The third kappa shape index (κ3) is 0.963. The van der Waals surface area contributed by atoms with E-state index >= 15 is 0 Å². The van der Waals surface area contributed by atoms with E-state index in [9.17, 15) is 9.59 Å². The van der Waals surface area contributed by atoms with Crippen LogP contribution in [0.4, 0.5) is 0 Å². The Kier molecular flexibility index (Phi) is 2.03. The fourth-order valence-corrected chi connectivity index (χ4v) is 2.08. The first kappa shape index (κ1) is 8.04. The van der Waals surface area contributed by atoms with Gasteiger partial charge in [0.05, 0.1) is 22.9 Å². The predicted molar refractivity (Wildman–Crippen MR) is 44.1 cm³/mol. The molecule has 1 aliphatic rings. The zero-order valence-corrected chi connectivity index (χ0v) is 9.25. The second-order valence-electron chi connectivity index (χ2n) is 1.86. The summed E-state index contributed by atoms with van der Waals surface area (Å²) in [6, 6.07) is 0. The summed E-state index contributed by atoms with van der Waals surface area (Å²) in [7, 11) is 0. The van der Waals surface area contributed by atoms with Crippen molar-refractivity contribution in [2.24, 2.45) is 0 Å². The largest absolute Gasteiger partial charge is 0.504 e. The van der Waals surface area contributed by atoms with Crippen molar-refractivity contribution < 1.29 is 14.7 Å². The summed E-state index contributed by atoms with van der Waals surface area (Å²) in [6.07, 6.45) is 0. The molecule has 0 atom stereocenters. The lowest BCUT2D eigenvalue weighted by Gasteiger charge is -2.00. The molecule has 6 heteroatoms. The monoisotopic (exact) mass is 267 g/mol. The van der Waals surface area contributed by atoms with Crippen molar-refractivity contribution in [2.75, 3.05) is 0 Å². The lowest BCUT2D eigenvalue weighted by atomic mass is 10.5. The van der Waals surface area contributed by atoms with E-state index < -0.39 is 5.91 Å². The molecule has 0 aromatic carbocycles. The first-order valence-electron chi connectivity index (χ1n) is 2.50. The van der Waals surface area contributed by atoms with Crippen molar-refractivity contribution in [3.05, 3.63) is 10.2 Å². The molecule has 10 heavy (non-hydrogen) atoms. The molecule has 1 heterocycles. The number of halogens is 1. The van der Waals surface area contributed by atoms with Gasteiger partial charge in [-0.2, -0.15) is 0 Å². The first-order valence-corrected chi connectivity index (χ1v) is 4.46. The highest BCUT2D eigenvalue weighted by atomic mass is 127. The highest BCUT2D eigenvalue weighted by molar-refractivity contribution is 14.1. The summed E-state index contributed by atoms with van der Waals surface area (Å²) in [6.45, 7) is 0. The molecule has 0 saturated carbocycles. The van der Waals surface area contributed by atoms with Gasteiger partial charge in [0.25, 0.3) is 22.2 Å². The molecular formula is C4H3AlINO3. The maximum atomic E-state index is 10.8. The number of hydrogen-bond acceptors (Lipinski definition) is 3. The van der Waals surface area contributed by atoms with Crippen LogP contribution in [0.3, 0.4) is 0 Å². The van der Waals surface area contributed by atoms with Crippen molar-refractivity contribution in [2.45, 2.75) is 0 Å². The van der Waals surface area contributed by atoms with Gasteiger partial charge in [-0.3, -0.25) is 9.59 Å². The van der Waals surface area contributed by atoms with Crippen LogP contribution in [0.15, 0.2) is 10.2 Å². The molecule has 1 N–H and O–H groups in total. The van der Waals surface area contributed by atoms with E-state index in [0.717, 1.165) is 3.11 Å². The molecule has 0 aromatic rings. The van der Waals surface area contributed by atoms with Crippen LogP contribution in [-0.2, 0) is 9.59 Å². The minimum atomic E-state index is -0.601. The number of imide groups is 1. The third-order valence-electron chi connectivity index (χ3n) is 1.24. The fraction of sp³-hybridized carbons (Fsp3) is 0. The van der Waals surface area contributed by atoms with E-state index in [-0.39, 0.29) is 16.1 Å². The van der Waals surface area contributed by atoms with Gasteiger partial charge in [-0.15, -0.1) is 0 Å². The summed E-state index contributed by atoms with van der Waals surface area (Å²) in [4.78, 5) is 21.6. The molecule has 0 aliphatic carbocycles. The van der Waals surface area contributed by atoms with Gasteiger partial charge in [-0.05, 0) is 4.44 Å². The van der Waals surface area contributed by atoms with Crippen LogP contribution in [0.5, 0.6) is 0 Å². The lowest BCUT2D eigenvalue weighted by Crippen LogP contribution is -2.20. The van der Waals surface area contributed by atoms with Crippen molar-refractivity contribution in [1.82, 2.24) is 3.11 Å². The molecule has 0 unspecified atom stereocenters. The molecular weight excluding hydrogens is 264 g/mol. The smallest absolute Gasteiger partial charge is 0.303 e. The number of carbonyl (C=O) groups excluding carboxylic acids is 2. The van der Waals surface area contributed by atoms with Crippen LogP contribution in [0, 0.1) is 0 Å². The molecule has 2 amide bonds. The van der Waals surface area contributed by atoms with Gasteiger partial charge < -0.3 is 5.11 Å². The Morgan fingerprint density at radius 2 is 1.90 bits per heavy atom. The minimum Gasteiger partial charge on any atom is -0.504 e. The van der Waals surface area contributed by atoms with Gasteiger partial charge in [0.2, 0.25) is 0 Å².